The Balaban J connectivity index is 1.49. The van der Waals surface area contributed by atoms with E-state index in [1.807, 2.05) is 13.0 Å². The Hall–Kier alpha value is -1.83. The summed E-state index contributed by atoms with van der Waals surface area (Å²) in [4.78, 5) is 23.7. The molecule has 1 aliphatic carbocycles. The molecule has 27 heavy (non-hydrogen) atoms. The van der Waals surface area contributed by atoms with Crippen molar-refractivity contribution in [3.8, 4) is 0 Å². The van der Waals surface area contributed by atoms with Gasteiger partial charge >= 0.3 is 0 Å². The van der Waals surface area contributed by atoms with Crippen molar-refractivity contribution >= 4 is 62.3 Å². The third-order valence-corrected chi connectivity index (χ3v) is 6.90. The third kappa shape index (κ3) is 3.90. The number of rotatable bonds is 4. The lowest BCUT2D eigenvalue weighted by Crippen LogP contribution is -2.15. The van der Waals surface area contributed by atoms with Crippen molar-refractivity contribution in [3.63, 3.8) is 0 Å². The van der Waals surface area contributed by atoms with Gasteiger partial charge in [0.2, 0.25) is 5.91 Å². The zero-order valence-corrected chi connectivity index (χ0v) is 17.2. The van der Waals surface area contributed by atoms with Crippen LogP contribution in [-0.4, -0.2) is 21.6 Å². The minimum absolute atomic E-state index is 0.127. The van der Waals surface area contributed by atoms with Gasteiger partial charge in [0, 0.05) is 15.6 Å². The summed E-state index contributed by atoms with van der Waals surface area (Å²) >= 11 is 9.00. The predicted molar refractivity (Wildman–Crippen MR) is 114 cm³/mol. The number of halogens is 1. The molecule has 0 unspecified atom stereocenters. The van der Waals surface area contributed by atoms with Crippen LogP contribution in [0.25, 0.3) is 10.2 Å². The number of aromatic nitrogens is 2. The van der Waals surface area contributed by atoms with Crippen molar-refractivity contribution in [1.29, 1.82) is 0 Å². The highest BCUT2D eigenvalue weighted by molar-refractivity contribution is 7.99. The molecule has 4 rings (SSSR count). The standard InChI is InChI=1S/C19H19ClN4OS2/c1-10-6-7-11(20)8-13(10)22-15(25)9-26-19-23-17(21)16-12-4-2-3-5-14(12)27-18(16)24-19/h6-8H,2-5,9H2,1H3,(H,22,25)(H2,21,23,24). The fourth-order valence-electron chi connectivity index (χ4n) is 3.28. The number of nitrogens with zero attached hydrogens (tertiary/aromatic N) is 2. The Labute approximate surface area is 170 Å². The van der Waals surface area contributed by atoms with Gasteiger partial charge in [0.25, 0.3) is 0 Å². The maximum Gasteiger partial charge on any atom is 0.234 e. The van der Waals surface area contributed by atoms with E-state index in [9.17, 15) is 4.79 Å². The Bertz CT molecular complexity index is 1030. The maximum absolute atomic E-state index is 12.3. The quantitative estimate of drug-likeness (QED) is 0.467. The second-order valence-corrected chi connectivity index (χ2v) is 9.04. The van der Waals surface area contributed by atoms with Crippen LogP contribution >= 0.6 is 34.7 Å². The van der Waals surface area contributed by atoms with Crippen molar-refractivity contribution in [3.05, 3.63) is 39.2 Å². The fourth-order valence-corrected chi connectivity index (χ4v) is 5.43. The summed E-state index contributed by atoms with van der Waals surface area (Å²) in [6, 6.07) is 5.42. The first-order chi connectivity index (χ1) is 13.0. The molecular formula is C19H19ClN4OS2. The van der Waals surface area contributed by atoms with E-state index < -0.39 is 0 Å². The van der Waals surface area contributed by atoms with Crippen molar-refractivity contribution in [1.82, 2.24) is 9.97 Å². The molecule has 2 heterocycles. The molecule has 1 amide bonds. The summed E-state index contributed by atoms with van der Waals surface area (Å²) in [7, 11) is 0. The molecule has 0 atom stereocenters. The van der Waals surface area contributed by atoms with Gasteiger partial charge in [0.05, 0.1) is 11.1 Å². The molecule has 0 bridgehead atoms. The van der Waals surface area contributed by atoms with Crippen LogP contribution in [0.3, 0.4) is 0 Å². The number of amides is 1. The average molecular weight is 419 g/mol. The number of carbonyl (C=O) groups excluding carboxylic acids is 1. The second kappa shape index (κ2) is 7.66. The lowest BCUT2D eigenvalue weighted by atomic mass is 9.97. The minimum Gasteiger partial charge on any atom is -0.383 e. The summed E-state index contributed by atoms with van der Waals surface area (Å²) in [5.74, 6) is 0.605. The van der Waals surface area contributed by atoms with Crippen molar-refractivity contribution in [2.75, 3.05) is 16.8 Å². The monoisotopic (exact) mass is 418 g/mol. The first kappa shape index (κ1) is 18.5. The molecule has 0 saturated carbocycles. The smallest absolute Gasteiger partial charge is 0.234 e. The molecule has 5 nitrogen and oxygen atoms in total. The third-order valence-electron chi connectivity index (χ3n) is 4.63. The van der Waals surface area contributed by atoms with Crippen molar-refractivity contribution in [2.24, 2.45) is 0 Å². The van der Waals surface area contributed by atoms with Gasteiger partial charge in [0.15, 0.2) is 5.16 Å². The molecule has 140 valence electrons. The highest BCUT2D eigenvalue weighted by Gasteiger charge is 2.20. The number of fused-ring (bicyclic) bond motifs is 3. The first-order valence-electron chi connectivity index (χ1n) is 8.78. The van der Waals surface area contributed by atoms with Crippen LogP contribution < -0.4 is 11.1 Å². The molecule has 1 aromatic carbocycles. The number of thiophene rings is 1. The normalized spacial score (nSPS) is 13.6. The van der Waals surface area contributed by atoms with E-state index >= 15 is 0 Å². The number of hydrogen-bond acceptors (Lipinski definition) is 6. The van der Waals surface area contributed by atoms with E-state index in [0.29, 0.717) is 16.0 Å². The number of carbonyl (C=O) groups is 1. The summed E-state index contributed by atoms with van der Waals surface area (Å²) in [5.41, 5.74) is 9.22. The Kier molecular flexibility index (Phi) is 5.25. The molecule has 3 N–H and O–H groups in total. The number of anilines is 2. The predicted octanol–water partition coefficient (Wildman–Crippen LogP) is 4.84. The Morgan fingerprint density at radius 2 is 2.15 bits per heavy atom. The molecule has 1 aliphatic rings. The van der Waals surface area contributed by atoms with Gasteiger partial charge in [-0.15, -0.1) is 11.3 Å². The van der Waals surface area contributed by atoms with Gasteiger partial charge in [-0.2, -0.15) is 0 Å². The number of aryl methyl sites for hydroxylation is 3. The molecule has 3 aromatic rings. The lowest BCUT2D eigenvalue weighted by Gasteiger charge is -2.11. The van der Waals surface area contributed by atoms with Crippen LogP contribution in [0.1, 0.15) is 28.8 Å². The van der Waals surface area contributed by atoms with Crippen LogP contribution in [0.2, 0.25) is 5.02 Å². The molecule has 8 heteroatoms. The van der Waals surface area contributed by atoms with Gasteiger partial charge in [-0.05, 0) is 55.9 Å². The topological polar surface area (TPSA) is 80.9 Å². The molecule has 0 fully saturated rings. The highest BCUT2D eigenvalue weighted by Crippen LogP contribution is 2.38. The van der Waals surface area contributed by atoms with E-state index in [4.69, 9.17) is 17.3 Å². The van der Waals surface area contributed by atoms with Crippen LogP contribution in [0, 0.1) is 6.92 Å². The van der Waals surface area contributed by atoms with E-state index in [1.165, 1.54) is 35.0 Å². The van der Waals surface area contributed by atoms with Crippen LogP contribution in [0.5, 0.6) is 0 Å². The van der Waals surface area contributed by atoms with Gasteiger partial charge in [-0.25, -0.2) is 9.97 Å². The molecule has 0 spiro atoms. The highest BCUT2D eigenvalue weighted by atomic mass is 35.5. The summed E-state index contributed by atoms with van der Waals surface area (Å²) in [6.45, 7) is 1.93. The zero-order chi connectivity index (χ0) is 19.0. The average Bonchev–Trinajstić information content (AvgIpc) is 3.02. The zero-order valence-electron chi connectivity index (χ0n) is 14.8. The van der Waals surface area contributed by atoms with Crippen LogP contribution in [0.4, 0.5) is 11.5 Å². The largest absolute Gasteiger partial charge is 0.383 e. The molecule has 0 radical (unpaired) electrons. The first-order valence-corrected chi connectivity index (χ1v) is 11.0. The van der Waals surface area contributed by atoms with E-state index in [-0.39, 0.29) is 11.7 Å². The number of nitrogens with two attached hydrogens (primary N) is 1. The minimum atomic E-state index is -0.127. The lowest BCUT2D eigenvalue weighted by molar-refractivity contribution is -0.113. The second-order valence-electron chi connectivity index (χ2n) is 6.58. The molecule has 2 aromatic heterocycles. The van der Waals surface area contributed by atoms with Crippen molar-refractivity contribution < 1.29 is 4.79 Å². The van der Waals surface area contributed by atoms with Gasteiger partial charge < -0.3 is 11.1 Å². The van der Waals surface area contributed by atoms with Gasteiger partial charge in [0.1, 0.15) is 10.6 Å². The number of thioether (sulfide) groups is 1. The Morgan fingerprint density at radius 1 is 1.33 bits per heavy atom. The fraction of sp³-hybridized carbons (Fsp3) is 0.316. The van der Waals surface area contributed by atoms with E-state index in [1.54, 1.807) is 23.5 Å². The Morgan fingerprint density at radius 3 is 3.00 bits per heavy atom. The summed E-state index contributed by atoms with van der Waals surface area (Å²) in [6.07, 6.45) is 4.56. The van der Waals surface area contributed by atoms with Gasteiger partial charge in [-0.1, -0.05) is 29.4 Å². The molecule has 0 saturated heterocycles. The summed E-state index contributed by atoms with van der Waals surface area (Å²) in [5, 5.41) is 5.02. The number of benzene rings is 1. The van der Waals surface area contributed by atoms with Crippen LogP contribution in [-0.2, 0) is 17.6 Å². The molecular weight excluding hydrogens is 400 g/mol. The van der Waals surface area contributed by atoms with Crippen LogP contribution in [0.15, 0.2) is 23.4 Å². The number of nitrogens with one attached hydrogen (secondary N) is 1. The van der Waals surface area contributed by atoms with E-state index in [0.717, 1.165) is 34.3 Å². The van der Waals surface area contributed by atoms with Gasteiger partial charge in [-0.3, -0.25) is 4.79 Å². The number of nitrogen functional groups attached to an aromatic ring is 1. The van der Waals surface area contributed by atoms with E-state index in [2.05, 4.69) is 15.3 Å². The van der Waals surface area contributed by atoms with Crippen molar-refractivity contribution in [2.45, 2.75) is 37.8 Å². The number of hydrogen-bond donors (Lipinski definition) is 2. The SMILES string of the molecule is Cc1ccc(Cl)cc1NC(=O)CSc1nc(N)c2c3c(sc2n1)CCCC3. The molecule has 0 aliphatic heterocycles. The maximum atomic E-state index is 12.3. The summed E-state index contributed by atoms with van der Waals surface area (Å²) < 4.78 is 0.